The van der Waals surface area contributed by atoms with E-state index in [9.17, 15) is 5.11 Å². The molecule has 0 amide bonds. The van der Waals surface area contributed by atoms with Crippen LogP contribution in [0.2, 0.25) is 0 Å². The summed E-state index contributed by atoms with van der Waals surface area (Å²) in [5.74, 6) is 2.86. The van der Waals surface area contributed by atoms with Crippen LogP contribution in [-0.2, 0) is 5.60 Å². The molecule has 0 unspecified atom stereocenters. The standard InChI is InChI=1S/C14H17BrOS/c15-13-7-17-6-12(13)14(16)10-2-8-1-9(4-10)5-11(14)3-8/h6-11,16H,1-5H2. The lowest BCUT2D eigenvalue weighted by molar-refractivity contribution is -0.179. The minimum absolute atomic E-state index is 0.518. The van der Waals surface area contributed by atoms with E-state index in [2.05, 4.69) is 26.7 Å². The Morgan fingerprint density at radius 2 is 1.65 bits per heavy atom. The number of hydrogen-bond donors (Lipinski definition) is 1. The second-order valence-electron chi connectivity index (χ2n) is 6.26. The minimum atomic E-state index is -0.522. The molecule has 1 N–H and O–H groups in total. The maximum absolute atomic E-state index is 11.3. The summed E-state index contributed by atoms with van der Waals surface area (Å²) in [6.45, 7) is 0. The van der Waals surface area contributed by atoms with Crippen LogP contribution in [0.15, 0.2) is 15.2 Å². The zero-order chi connectivity index (χ0) is 11.6. The fraction of sp³-hybridized carbons (Fsp3) is 0.714. The number of aliphatic hydroxyl groups is 1. The van der Waals surface area contributed by atoms with Crippen LogP contribution in [0.3, 0.4) is 0 Å². The van der Waals surface area contributed by atoms with Gasteiger partial charge in [0.1, 0.15) is 0 Å². The number of hydrogen-bond acceptors (Lipinski definition) is 2. The van der Waals surface area contributed by atoms with Gasteiger partial charge < -0.3 is 5.11 Å². The molecule has 1 heterocycles. The molecule has 4 saturated carbocycles. The minimum Gasteiger partial charge on any atom is -0.385 e. The summed E-state index contributed by atoms with van der Waals surface area (Å²) in [5.41, 5.74) is 0.656. The zero-order valence-corrected chi connectivity index (χ0v) is 12.1. The SMILES string of the molecule is OC1(c2cscc2Br)C2CC3CC(C2)CC1C3. The third kappa shape index (κ3) is 1.39. The van der Waals surface area contributed by atoms with Crippen molar-refractivity contribution in [3.8, 4) is 0 Å². The molecule has 0 radical (unpaired) electrons. The Hall–Kier alpha value is 0.140. The first-order valence-electron chi connectivity index (χ1n) is 6.62. The molecule has 0 atom stereocenters. The van der Waals surface area contributed by atoms with Gasteiger partial charge in [-0.3, -0.25) is 0 Å². The molecule has 0 saturated heterocycles. The van der Waals surface area contributed by atoms with E-state index in [-0.39, 0.29) is 0 Å². The van der Waals surface area contributed by atoms with Gasteiger partial charge in [-0.2, -0.15) is 11.3 Å². The van der Waals surface area contributed by atoms with Crippen molar-refractivity contribution in [2.45, 2.75) is 37.7 Å². The maximum Gasteiger partial charge on any atom is 0.0971 e. The van der Waals surface area contributed by atoms with Crippen LogP contribution >= 0.6 is 27.3 Å². The summed E-state index contributed by atoms with van der Waals surface area (Å²) in [6.07, 6.45) is 6.46. The molecule has 17 heavy (non-hydrogen) atoms. The monoisotopic (exact) mass is 312 g/mol. The zero-order valence-electron chi connectivity index (χ0n) is 9.73. The highest BCUT2D eigenvalue weighted by atomic mass is 79.9. The van der Waals surface area contributed by atoms with Crippen molar-refractivity contribution in [1.82, 2.24) is 0 Å². The van der Waals surface area contributed by atoms with E-state index in [0.29, 0.717) is 11.8 Å². The van der Waals surface area contributed by atoms with Crippen LogP contribution < -0.4 is 0 Å². The molecule has 1 aromatic heterocycles. The Morgan fingerprint density at radius 3 is 2.12 bits per heavy atom. The fourth-order valence-corrected chi connectivity index (χ4v) is 6.58. The van der Waals surface area contributed by atoms with Crippen molar-refractivity contribution in [2.24, 2.45) is 23.7 Å². The molecule has 0 spiro atoms. The Labute approximate surface area is 114 Å². The summed E-state index contributed by atoms with van der Waals surface area (Å²) in [4.78, 5) is 0. The maximum atomic E-state index is 11.3. The van der Waals surface area contributed by atoms with Crippen molar-refractivity contribution >= 4 is 27.3 Å². The molecule has 0 aromatic carbocycles. The van der Waals surface area contributed by atoms with Crippen molar-refractivity contribution < 1.29 is 5.11 Å². The van der Waals surface area contributed by atoms with Gasteiger partial charge in [0.05, 0.1) is 5.60 Å². The van der Waals surface area contributed by atoms with E-state index >= 15 is 0 Å². The van der Waals surface area contributed by atoms with Gasteiger partial charge >= 0.3 is 0 Å². The van der Waals surface area contributed by atoms with Crippen molar-refractivity contribution in [1.29, 1.82) is 0 Å². The number of halogens is 1. The number of rotatable bonds is 1. The molecular formula is C14H17BrOS. The first-order chi connectivity index (χ1) is 8.18. The predicted octanol–water partition coefficient (Wildman–Crippen LogP) is 4.15. The normalized spacial score (nSPS) is 47.6. The lowest BCUT2D eigenvalue weighted by Crippen LogP contribution is -2.55. The van der Waals surface area contributed by atoms with Gasteiger partial charge in [-0.05, 0) is 77.1 Å². The van der Waals surface area contributed by atoms with E-state index < -0.39 is 5.60 Å². The lowest BCUT2D eigenvalue weighted by Gasteiger charge is -2.59. The van der Waals surface area contributed by atoms with Crippen LogP contribution in [0.4, 0.5) is 0 Å². The molecule has 4 aliphatic rings. The molecule has 0 aliphatic heterocycles. The molecule has 1 aromatic rings. The Bertz CT molecular complexity index is 425. The summed E-state index contributed by atoms with van der Waals surface area (Å²) in [6, 6.07) is 0. The largest absolute Gasteiger partial charge is 0.385 e. The summed E-state index contributed by atoms with van der Waals surface area (Å²) in [5, 5.41) is 15.6. The highest BCUT2D eigenvalue weighted by Gasteiger charge is 2.57. The molecule has 4 aliphatic carbocycles. The van der Waals surface area contributed by atoms with Gasteiger partial charge in [0, 0.05) is 15.4 Å². The average Bonchev–Trinajstić information content (AvgIpc) is 2.71. The van der Waals surface area contributed by atoms with Gasteiger partial charge in [-0.15, -0.1) is 0 Å². The van der Waals surface area contributed by atoms with Crippen LogP contribution in [0.25, 0.3) is 0 Å². The fourth-order valence-electron chi connectivity index (χ4n) is 4.91. The summed E-state index contributed by atoms with van der Waals surface area (Å²) >= 11 is 5.32. The molecular weight excluding hydrogens is 296 g/mol. The van der Waals surface area contributed by atoms with Gasteiger partial charge in [-0.1, -0.05) is 0 Å². The van der Waals surface area contributed by atoms with Crippen LogP contribution in [0.1, 0.15) is 37.7 Å². The van der Waals surface area contributed by atoms with E-state index in [4.69, 9.17) is 0 Å². The van der Waals surface area contributed by atoms with E-state index in [1.807, 2.05) is 0 Å². The van der Waals surface area contributed by atoms with E-state index in [1.165, 1.54) is 37.7 Å². The van der Waals surface area contributed by atoms with Gasteiger partial charge in [0.25, 0.3) is 0 Å². The molecule has 1 nitrogen and oxygen atoms in total. The van der Waals surface area contributed by atoms with Gasteiger partial charge in [0.15, 0.2) is 0 Å². The van der Waals surface area contributed by atoms with Crippen LogP contribution in [-0.4, -0.2) is 5.11 Å². The topological polar surface area (TPSA) is 20.2 Å². The van der Waals surface area contributed by atoms with Crippen molar-refractivity contribution in [3.05, 3.63) is 20.8 Å². The summed E-state index contributed by atoms with van der Waals surface area (Å²) < 4.78 is 1.12. The Kier molecular flexibility index (Phi) is 2.32. The molecule has 4 bridgehead atoms. The third-order valence-electron chi connectivity index (χ3n) is 5.43. The second-order valence-corrected chi connectivity index (χ2v) is 7.86. The first-order valence-corrected chi connectivity index (χ1v) is 8.36. The highest BCUT2D eigenvalue weighted by Crippen LogP contribution is 2.62. The van der Waals surface area contributed by atoms with Crippen molar-refractivity contribution in [3.63, 3.8) is 0 Å². The second kappa shape index (κ2) is 3.58. The van der Waals surface area contributed by atoms with Crippen LogP contribution in [0, 0.1) is 23.7 Å². The first kappa shape index (κ1) is 11.0. The Balaban J connectivity index is 1.81. The molecule has 92 valence electrons. The smallest absolute Gasteiger partial charge is 0.0971 e. The van der Waals surface area contributed by atoms with E-state index in [1.54, 1.807) is 11.3 Å². The molecule has 3 heteroatoms. The van der Waals surface area contributed by atoms with E-state index in [0.717, 1.165) is 16.3 Å². The molecule has 5 rings (SSSR count). The molecule has 4 fully saturated rings. The lowest BCUT2D eigenvalue weighted by atomic mass is 9.49. The Morgan fingerprint density at radius 1 is 1.06 bits per heavy atom. The predicted molar refractivity (Wildman–Crippen MR) is 73.0 cm³/mol. The van der Waals surface area contributed by atoms with Gasteiger partial charge in [-0.25, -0.2) is 0 Å². The third-order valence-corrected chi connectivity index (χ3v) is 7.13. The quantitative estimate of drug-likeness (QED) is 0.825. The number of thiophene rings is 1. The van der Waals surface area contributed by atoms with Crippen molar-refractivity contribution in [2.75, 3.05) is 0 Å². The van der Waals surface area contributed by atoms with Gasteiger partial charge in [0.2, 0.25) is 0 Å². The summed E-state index contributed by atoms with van der Waals surface area (Å²) in [7, 11) is 0. The van der Waals surface area contributed by atoms with Crippen LogP contribution in [0.5, 0.6) is 0 Å². The highest BCUT2D eigenvalue weighted by molar-refractivity contribution is 9.10. The average molecular weight is 313 g/mol.